The standard InChI is InChI=1S/C19H22O7/c1-4-10-23-18(20)25-15-12-16(22-3)17(26-19(21)24-11-5-2)14-9-7-6-8-13(14)15/h6-9,12H,4-5,10-11H2,1-3H3. The Labute approximate surface area is 151 Å². The quantitative estimate of drug-likeness (QED) is 0.522. The number of carbonyl (C=O) groups is 2. The second-order valence-electron chi connectivity index (χ2n) is 5.35. The summed E-state index contributed by atoms with van der Waals surface area (Å²) in [5.41, 5.74) is 0. The van der Waals surface area contributed by atoms with Crippen LogP contribution in [0.5, 0.6) is 17.2 Å². The molecule has 2 aromatic rings. The lowest BCUT2D eigenvalue weighted by molar-refractivity contribution is 0.0967. The topological polar surface area (TPSA) is 80.3 Å². The second kappa shape index (κ2) is 9.50. The van der Waals surface area contributed by atoms with Crippen LogP contribution in [0.4, 0.5) is 9.59 Å². The fourth-order valence-corrected chi connectivity index (χ4v) is 2.24. The Morgan fingerprint density at radius 1 is 0.846 bits per heavy atom. The smallest absolute Gasteiger partial charge is 0.493 e. The normalized spacial score (nSPS) is 10.3. The number of hydrogen-bond acceptors (Lipinski definition) is 7. The van der Waals surface area contributed by atoms with Crippen molar-refractivity contribution in [3.8, 4) is 17.2 Å². The summed E-state index contributed by atoms with van der Waals surface area (Å²) in [6.45, 7) is 4.28. The molecule has 26 heavy (non-hydrogen) atoms. The number of hydrogen-bond donors (Lipinski definition) is 0. The number of rotatable bonds is 7. The molecule has 140 valence electrons. The predicted octanol–water partition coefficient (Wildman–Crippen LogP) is 4.70. The summed E-state index contributed by atoms with van der Waals surface area (Å²) < 4.78 is 25.8. The van der Waals surface area contributed by atoms with Crippen LogP contribution >= 0.6 is 0 Å². The molecule has 2 aromatic carbocycles. The van der Waals surface area contributed by atoms with Gasteiger partial charge >= 0.3 is 12.3 Å². The molecule has 0 atom stereocenters. The summed E-state index contributed by atoms with van der Waals surface area (Å²) in [7, 11) is 1.42. The first-order chi connectivity index (χ1) is 12.6. The van der Waals surface area contributed by atoms with Crippen molar-refractivity contribution in [1.29, 1.82) is 0 Å². The molecule has 0 heterocycles. The Kier molecular flexibility index (Phi) is 7.08. The van der Waals surface area contributed by atoms with Crippen LogP contribution < -0.4 is 14.2 Å². The maximum absolute atomic E-state index is 11.9. The van der Waals surface area contributed by atoms with Gasteiger partial charge in [0.15, 0.2) is 11.5 Å². The highest BCUT2D eigenvalue weighted by Crippen LogP contribution is 2.41. The molecule has 0 fully saturated rings. The highest BCUT2D eigenvalue weighted by molar-refractivity contribution is 5.97. The van der Waals surface area contributed by atoms with E-state index in [0.29, 0.717) is 23.6 Å². The molecule has 0 saturated carbocycles. The van der Waals surface area contributed by atoms with Crippen molar-refractivity contribution in [2.24, 2.45) is 0 Å². The van der Waals surface area contributed by atoms with Crippen molar-refractivity contribution in [1.82, 2.24) is 0 Å². The molecule has 0 spiro atoms. The highest BCUT2D eigenvalue weighted by Gasteiger charge is 2.20. The van der Waals surface area contributed by atoms with Crippen LogP contribution in [-0.2, 0) is 9.47 Å². The molecule has 2 rings (SSSR count). The number of carbonyl (C=O) groups excluding carboxylic acids is 2. The molecule has 0 aliphatic carbocycles. The number of ether oxygens (including phenoxy) is 5. The molecule has 0 aliphatic rings. The van der Waals surface area contributed by atoms with E-state index < -0.39 is 12.3 Å². The predicted molar refractivity (Wildman–Crippen MR) is 95.0 cm³/mol. The highest BCUT2D eigenvalue weighted by atomic mass is 16.7. The summed E-state index contributed by atoms with van der Waals surface area (Å²) >= 11 is 0. The van der Waals surface area contributed by atoms with E-state index in [9.17, 15) is 9.59 Å². The molecule has 0 N–H and O–H groups in total. The van der Waals surface area contributed by atoms with Gasteiger partial charge in [-0.3, -0.25) is 0 Å². The fourth-order valence-electron chi connectivity index (χ4n) is 2.24. The van der Waals surface area contributed by atoms with Gasteiger partial charge in [-0.1, -0.05) is 38.1 Å². The first-order valence-corrected chi connectivity index (χ1v) is 8.39. The van der Waals surface area contributed by atoms with Gasteiger partial charge in [0.25, 0.3) is 0 Å². The zero-order chi connectivity index (χ0) is 18.9. The fraction of sp³-hybridized carbons (Fsp3) is 0.368. The summed E-state index contributed by atoms with van der Waals surface area (Å²) in [4.78, 5) is 23.7. The van der Waals surface area contributed by atoms with Gasteiger partial charge in [-0.05, 0) is 12.8 Å². The average molecular weight is 362 g/mol. The minimum absolute atomic E-state index is 0.193. The van der Waals surface area contributed by atoms with Crippen molar-refractivity contribution in [3.05, 3.63) is 30.3 Å². The van der Waals surface area contributed by atoms with Crippen LogP contribution in [0, 0.1) is 0 Å². The second-order valence-corrected chi connectivity index (χ2v) is 5.35. The van der Waals surface area contributed by atoms with E-state index in [4.69, 9.17) is 23.7 Å². The monoisotopic (exact) mass is 362 g/mol. The van der Waals surface area contributed by atoms with Crippen molar-refractivity contribution < 1.29 is 33.3 Å². The van der Waals surface area contributed by atoms with Crippen LogP contribution in [0.1, 0.15) is 26.7 Å². The Bertz CT molecular complexity index is 770. The first-order valence-electron chi connectivity index (χ1n) is 8.39. The van der Waals surface area contributed by atoms with Crippen LogP contribution in [0.15, 0.2) is 30.3 Å². The summed E-state index contributed by atoms with van der Waals surface area (Å²) in [5.74, 6) is 0.668. The lowest BCUT2D eigenvalue weighted by Gasteiger charge is -2.15. The molecule has 0 radical (unpaired) electrons. The largest absolute Gasteiger partial charge is 0.513 e. The number of benzene rings is 2. The van der Waals surface area contributed by atoms with Gasteiger partial charge in [-0.15, -0.1) is 0 Å². The third kappa shape index (κ3) is 4.78. The van der Waals surface area contributed by atoms with Crippen LogP contribution in [0.25, 0.3) is 10.8 Å². The molecular formula is C19H22O7. The van der Waals surface area contributed by atoms with Gasteiger partial charge in [0.2, 0.25) is 0 Å². The summed E-state index contributed by atoms with van der Waals surface area (Å²) in [5, 5.41) is 1.11. The van der Waals surface area contributed by atoms with Crippen molar-refractivity contribution >= 4 is 23.1 Å². The summed E-state index contributed by atoms with van der Waals surface area (Å²) in [6.07, 6.45) is -0.271. The lowest BCUT2D eigenvalue weighted by atomic mass is 10.1. The zero-order valence-electron chi connectivity index (χ0n) is 15.1. The van der Waals surface area contributed by atoms with E-state index in [-0.39, 0.29) is 30.5 Å². The molecular weight excluding hydrogens is 340 g/mol. The van der Waals surface area contributed by atoms with E-state index in [1.165, 1.54) is 13.2 Å². The van der Waals surface area contributed by atoms with Gasteiger partial charge < -0.3 is 23.7 Å². The van der Waals surface area contributed by atoms with Gasteiger partial charge in [0.05, 0.1) is 20.3 Å². The van der Waals surface area contributed by atoms with Gasteiger partial charge in [0, 0.05) is 16.8 Å². The molecule has 0 aromatic heterocycles. The third-order valence-electron chi connectivity index (χ3n) is 3.37. The molecule has 0 bridgehead atoms. The van der Waals surface area contributed by atoms with Gasteiger partial charge in [-0.25, -0.2) is 9.59 Å². The Morgan fingerprint density at radius 3 is 2.00 bits per heavy atom. The van der Waals surface area contributed by atoms with E-state index in [1.54, 1.807) is 24.3 Å². The van der Waals surface area contributed by atoms with Crippen molar-refractivity contribution in [2.45, 2.75) is 26.7 Å². The molecule has 0 saturated heterocycles. The number of fused-ring (bicyclic) bond motifs is 1. The molecule has 0 aliphatic heterocycles. The van der Waals surface area contributed by atoms with E-state index in [0.717, 1.165) is 0 Å². The average Bonchev–Trinajstić information content (AvgIpc) is 2.66. The lowest BCUT2D eigenvalue weighted by Crippen LogP contribution is -2.13. The molecule has 0 unspecified atom stereocenters. The molecule has 7 nitrogen and oxygen atoms in total. The first kappa shape index (κ1) is 19.4. The zero-order valence-corrected chi connectivity index (χ0v) is 15.1. The Morgan fingerprint density at radius 2 is 1.42 bits per heavy atom. The van der Waals surface area contributed by atoms with Crippen LogP contribution in [0.3, 0.4) is 0 Å². The van der Waals surface area contributed by atoms with Crippen molar-refractivity contribution in [3.63, 3.8) is 0 Å². The Balaban J connectivity index is 2.40. The van der Waals surface area contributed by atoms with E-state index in [1.807, 2.05) is 13.8 Å². The van der Waals surface area contributed by atoms with Gasteiger partial charge in [0.1, 0.15) is 5.75 Å². The minimum Gasteiger partial charge on any atom is -0.493 e. The maximum Gasteiger partial charge on any atom is 0.513 e. The van der Waals surface area contributed by atoms with E-state index >= 15 is 0 Å². The SMILES string of the molecule is CCCOC(=O)Oc1cc(OC)c(OC(=O)OCCC)c2ccccc12. The number of methoxy groups -OCH3 is 1. The van der Waals surface area contributed by atoms with Crippen LogP contribution in [-0.4, -0.2) is 32.6 Å². The Hall–Kier alpha value is -2.96. The van der Waals surface area contributed by atoms with E-state index in [2.05, 4.69) is 0 Å². The minimum atomic E-state index is -0.827. The molecule has 0 amide bonds. The van der Waals surface area contributed by atoms with Crippen molar-refractivity contribution in [2.75, 3.05) is 20.3 Å². The third-order valence-corrected chi connectivity index (χ3v) is 3.37. The van der Waals surface area contributed by atoms with Crippen LogP contribution in [0.2, 0.25) is 0 Å². The maximum atomic E-state index is 11.9. The summed E-state index contributed by atoms with van der Waals surface area (Å²) in [6, 6.07) is 8.48. The molecule has 7 heteroatoms. The van der Waals surface area contributed by atoms with Gasteiger partial charge in [-0.2, -0.15) is 0 Å².